The van der Waals surface area contributed by atoms with Crippen LogP contribution in [0.2, 0.25) is 0 Å². The van der Waals surface area contributed by atoms with Crippen LogP contribution in [0.3, 0.4) is 0 Å². The second kappa shape index (κ2) is 6.29. The molecule has 0 radical (unpaired) electrons. The van der Waals surface area contributed by atoms with Gasteiger partial charge in [-0.05, 0) is 75.9 Å². The molecule has 1 spiro atoms. The Morgan fingerprint density at radius 1 is 1.09 bits per heavy atom. The summed E-state index contributed by atoms with van der Waals surface area (Å²) in [4.78, 5) is 25.8. The molecule has 5 fully saturated rings. The molecular formula is C28H36O7. The third kappa shape index (κ3) is 2.18. The van der Waals surface area contributed by atoms with Gasteiger partial charge in [-0.1, -0.05) is 19.9 Å². The van der Waals surface area contributed by atoms with Crippen molar-refractivity contribution in [2.75, 3.05) is 0 Å². The highest BCUT2D eigenvalue weighted by Crippen LogP contribution is 2.77. The van der Waals surface area contributed by atoms with Crippen molar-refractivity contribution in [1.29, 1.82) is 0 Å². The molecular weight excluding hydrogens is 448 g/mol. The van der Waals surface area contributed by atoms with Gasteiger partial charge < -0.3 is 24.4 Å². The van der Waals surface area contributed by atoms with E-state index in [0.29, 0.717) is 12.0 Å². The van der Waals surface area contributed by atoms with Crippen LogP contribution in [-0.4, -0.2) is 57.3 Å². The van der Waals surface area contributed by atoms with Gasteiger partial charge in [-0.25, -0.2) is 4.79 Å². The smallest absolute Gasteiger partial charge is 0.334 e. The van der Waals surface area contributed by atoms with E-state index in [4.69, 9.17) is 14.2 Å². The van der Waals surface area contributed by atoms with Crippen molar-refractivity contribution in [2.45, 2.75) is 102 Å². The van der Waals surface area contributed by atoms with Gasteiger partial charge in [0.2, 0.25) is 0 Å². The first kappa shape index (κ1) is 22.6. The fourth-order valence-electron chi connectivity index (χ4n) is 9.96. The molecule has 7 rings (SSSR count). The minimum absolute atomic E-state index is 0.00175. The summed E-state index contributed by atoms with van der Waals surface area (Å²) in [6.07, 6.45) is 5.49. The summed E-state index contributed by atoms with van der Waals surface area (Å²) in [6, 6.07) is 0. The first-order chi connectivity index (χ1) is 16.4. The molecule has 4 aliphatic carbocycles. The van der Waals surface area contributed by atoms with Crippen LogP contribution in [0.25, 0.3) is 0 Å². The number of aliphatic hydroxyl groups is 2. The molecule has 3 unspecified atom stereocenters. The first-order valence-electron chi connectivity index (χ1n) is 13.3. The average Bonchev–Trinajstić information content (AvgIpc) is 3.36. The summed E-state index contributed by atoms with van der Waals surface area (Å²) in [5.41, 5.74) is -1.95. The molecule has 0 aromatic carbocycles. The number of rotatable bonds is 1. The standard InChI is InChI=1S/C28H36O7/c1-13-14(2)23(30)33-21(13)22-15(3)26(31)10-8-17-16-11-20-27(34-20)9-6-7-19(29)24(27,4)18(16)12-28(32,35-22)25(17,26)5/h6-7,15-18,20-22,31-32H,8-12H2,1-5H3/t15-,16?,17?,18?,20-,21-,22+,24+,25+,26-,27-,28+/m1/s1. The summed E-state index contributed by atoms with van der Waals surface area (Å²) >= 11 is 0. The normalized spacial score (nSPS) is 60.0. The van der Waals surface area contributed by atoms with Gasteiger partial charge in [0.15, 0.2) is 17.7 Å². The Balaban J connectivity index is 1.35. The fraction of sp³-hybridized carbons (Fsp3) is 0.786. The SMILES string of the molecule is CC1=C(C)[C@H]([C@H]2O[C@@]3(O)CC4C(C[C@H]5O[C@]56CC=CC(=O)[C@]46C)C4CC[C@@](O)([C@@H]2C)[C@]43C)OC1=O. The molecule has 12 atom stereocenters. The molecule has 3 saturated carbocycles. The van der Waals surface area contributed by atoms with Crippen LogP contribution >= 0.6 is 0 Å². The molecule has 0 aromatic heterocycles. The molecule has 2 N–H and O–H groups in total. The maximum Gasteiger partial charge on any atom is 0.334 e. The number of allylic oxidation sites excluding steroid dienone is 1. The van der Waals surface area contributed by atoms with E-state index in [2.05, 4.69) is 0 Å². The van der Waals surface area contributed by atoms with Crippen molar-refractivity contribution in [3.05, 3.63) is 23.3 Å². The van der Waals surface area contributed by atoms with Crippen molar-refractivity contribution >= 4 is 11.8 Å². The Hall–Kier alpha value is -1.54. The lowest BCUT2D eigenvalue weighted by Gasteiger charge is -2.67. The third-order valence-electron chi connectivity index (χ3n) is 12.4. The van der Waals surface area contributed by atoms with Crippen LogP contribution in [-0.2, 0) is 23.8 Å². The predicted molar refractivity (Wildman–Crippen MR) is 124 cm³/mol. The second-order valence-corrected chi connectivity index (χ2v) is 12.9. The number of cyclic esters (lactones) is 1. The number of carbonyl (C=O) groups is 2. The van der Waals surface area contributed by atoms with Crippen LogP contribution in [0.5, 0.6) is 0 Å². The third-order valence-corrected chi connectivity index (χ3v) is 12.4. The molecule has 0 aromatic rings. The van der Waals surface area contributed by atoms with Crippen LogP contribution < -0.4 is 0 Å². The summed E-state index contributed by atoms with van der Waals surface area (Å²) in [7, 11) is 0. The van der Waals surface area contributed by atoms with E-state index in [1.54, 1.807) is 13.0 Å². The highest BCUT2D eigenvalue weighted by atomic mass is 16.7. The molecule has 7 nitrogen and oxygen atoms in total. The van der Waals surface area contributed by atoms with Crippen LogP contribution in [0.4, 0.5) is 0 Å². The molecule has 3 aliphatic heterocycles. The number of ketones is 1. The van der Waals surface area contributed by atoms with Crippen LogP contribution in [0.15, 0.2) is 23.3 Å². The maximum absolute atomic E-state index is 13.5. The zero-order valence-electron chi connectivity index (χ0n) is 21.2. The number of fused-ring (bicyclic) bond motifs is 3. The minimum Gasteiger partial charge on any atom is -0.452 e. The zero-order valence-corrected chi connectivity index (χ0v) is 21.2. The molecule has 7 heteroatoms. The molecule has 190 valence electrons. The first-order valence-corrected chi connectivity index (χ1v) is 13.3. The topological polar surface area (TPSA) is 106 Å². The van der Waals surface area contributed by atoms with E-state index in [9.17, 15) is 19.8 Å². The molecule has 2 saturated heterocycles. The quantitative estimate of drug-likeness (QED) is 0.436. The predicted octanol–water partition coefficient (Wildman–Crippen LogP) is 2.83. The Kier molecular flexibility index (Phi) is 4.07. The Bertz CT molecular complexity index is 1130. The maximum atomic E-state index is 13.5. The largest absolute Gasteiger partial charge is 0.452 e. The summed E-state index contributed by atoms with van der Waals surface area (Å²) < 4.78 is 18.7. The number of ether oxygens (including phenoxy) is 3. The Morgan fingerprint density at radius 3 is 2.51 bits per heavy atom. The fourth-order valence-corrected chi connectivity index (χ4v) is 9.96. The van der Waals surface area contributed by atoms with Crippen LogP contribution in [0, 0.1) is 34.5 Å². The summed E-state index contributed by atoms with van der Waals surface area (Å²) in [6.45, 7) is 9.59. The van der Waals surface area contributed by atoms with Crippen molar-refractivity contribution in [2.24, 2.45) is 34.5 Å². The lowest BCUT2D eigenvalue weighted by molar-refractivity contribution is -0.414. The molecule has 0 bridgehead atoms. The van der Waals surface area contributed by atoms with Gasteiger partial charge in [-0.15, -0.1) is 0 Å². The van der Waals surface area contributed by atoms with Gasteiger partial charge in [0.05, 0.1) is 22.5 Å². The molecule has 7 aliphatic rings. The molecule has 0 amide bonds. The van der Waals surface area contributed by atoms with Gasteiger partial charge in [0, 0.05) is 17.9 Å². The molecule has 35 heavy (non-hydrogen) atoms. The van der Waals surface area contributed by atoms with Crippen molar-refractivity contribution in [1.82, 2.24) is 0 Å². The Morgan fingerprint density at radius 2 is 1.83 bits per heavy atom. The van der Waals surface area contributed by atoms with E-state index in [1.165, 1.54) is 0 Å². The van der Waals surface area contributed by atoms with Gasteiger partial charge in [0.1, 0.15) is 11.7 Å². The lowest BCUT2D eigenvalue weighted by atomic mass is 9.42. The van der Waals surface area contributed by atoms with Gasteiger partial charge in [-0.2, -0.15) is 0 Å². The van der Waals surface area contributed by atoms with Gasteiger partial charge >= 0.3 is 5.97 Å². The molecule has 3 heterocycles. The second-order valence-electron chi connectivity index (χ2n) is 12.9. The minimum atomic E-state index is -1.65. The zero-order chi connectivity index (χ0) is 24.9. The van der Waals surface area contributed by atoms with Gasteiger partial charge in [-0.3, -0.25) is 4.79 Å². The van der Waals surface area contributed by atoms with Gasteiger partial charge in [0.25, 0.3) is 0 Å². The van der Waals surface area contributed by atoms with Crippen LogP contribution in [0.1, 0.15) is 66.7 Å². The van der Waals surface area contributed by atoms with E-state index < -0.39 is 40.0 Å². The number of hydrogen-bond donors (Lipinski definition) is 2. The summed E-state index contributed by atoms with van der Waals surface area (Å²) in [5.74, 6) is -2.26. The average molecular weight is 485 g/mol. The van der Waals surface area contributed by atoms with Crippen molar-refractivity contribution in [3.63, 3.8) is 0 Å². The lowest BCUT2D eigenvalue weighted by Crippen LogP contribution is -2.76. The van der Waals surface area contributed by atoms with E-state index in [-0.39, 0.29) is 47.9 Å². The number of esters is 1. The summed E-state index contributed by atoms with van der Waals surface area (Å²) in [5, 5.41) is 24.8. The van der Waals surface area contributed by atoms with E-state index >= 15 is 0 Å². The van der Waals surface area contributed by atoms with Crippen molar-refractivity contribution < 1.29 is 34.0 Å². The highest BCUT2D eigenvalue weighted by molar-refractivity contribution is 5.97. The monoisotopic (exact) mass is 484 g/mol. The number of carbonyl (C=O) groups excluding carboxylic acids is 2. The number of hydrogen-bond acceptors (Lipinski definition) is 7. The van der Waals surface area contributed by atoms with E-state index in [0.717, 1.165) is 24.8 Å². The number of epoxide rings is 1. The van der Waals surface area contributed by atoms with Crippen molar-refractivity contribution in [3.8, 4) is 0 Å². The van der Waals surface area contributed by atoms with E-state index in [1.807, 2.05) is 33.8 Å². The highest BCUT2D eigenvalue weighted by Gasteiger charge is 2.83. The Labute approximate surface area is 205 Å².